The molecule has 0 aromatic rings. The molecule has 0 aromatic carbocycles. The van der Waals surface area contributed by atoms with Gasteiger partial charge in [0.2, 0.25) is 0 Å². The van der Waals surface area contributed by atoms with Crippen LogP contribution in [0, 0.1) is 11.8 Å². The Labute approximate surface area is 312 Å². The van der Waals surface area contributed by atoms with E-state index in [0.717, 1.165) is 13.3 Å². The first-order valence-corrected chi connectivity index (χ1v) is 19.2. The Balaban J connectivity index is 2.73. The third kappa shape index (κ3) is 11.4. The number of carbonyl (C=O) groups is 2. The van der Waals surface area contributed by atoms with Crippen molar-refractivity contribution < 1.29 is 48.2 Å². The molecule has 0 saturated carbocycles. The highest BCUT2D eigenvalue weighted by Crippen LogP contribution is 2.39. The van der Waals surface area contributed by atoms with Crippen LogP contribution in [0.25, 0.3) is 0 Å². The van der Waals surface area contributed by atoms with Gasteiger partial charge in [-0.15, -0.1) is 0 Å². The second kappa shape index (κ2) is 19.0. The van der Waals surface area contributed by atoms with Crippen LogP contribution in [0.5, 0.6) is 0 Å². The third-order valence-corrected chi connectivity index (χ3v) is 11.4. The number of esters is 1. The van der Waals surface area contributed by atoms with Crippen LogP contribution in [0.15, 0.2) is 0 Å². The van der Waals surface area contributed by atoms with E-state index in [1.165, 1.54) is 13.8 Å². The van der Waals surface area contributed by atoms with Crippen molar-refractivity contribution in [2.45, 2.75) is 173 Å². The Kier molecular flexibility index (Phi) is 17.1. The lowest BCUT2D eigenvalue weighted by atomic mass is 9.77. The Morgan fingerprint density at radius 3 is 2.29 bits per heavy atom. The predicted molar refractivity (Wildman–Crippen MR) is 198 cm³/mol. The maximum Gasteiger partial charge on any atom is 0.351 e. The predicted octanol–water partition coefficient (Wildman–Crippen LogP) is 2.41. The molecule has 0 radical (unpaired) electrons. The Morgan fingerprint density at radius 2 is 1.73 bits per heavy atom. The van der Waals surface area contributed by atoms with Crippen LogP contribution in [0.1, 0.15) is 102 Å². The first-order chi connectivity index (χ1) is 23.9. The number of ether oxygens (including phenoxy) is 4. The number of carbonyl (C=O) groups excluding carboxylic acids is 2. The van der Waals surface area contributed by atoms with Gasteiger partial charge >= 0.3 is 5.97 Å². The van der Waals surface area contributed by atoms with Crippen molar-refractivity contribution in [3.05, 3.63) is 0 Å². The smallest absolute Gasteiger partial charge is 0.351 e. The number of halogens is 1. The highest BCUT2D eigenvalue weighted by molar-refractivity contribution is 6.07. The van der Waals surface area contributed by atoms with Crippen LogP contribution in [0.2, 0.25) is 0 Å². The molecule has 2 fully saturated rings. The Bertz CT molecular complexity index is 1140. The topological polar surface area (TPSA) is 176 Å². The summed E-state index contributed by atoms with van der Waals surface area (Å²) in [4.78, 5) is 31.8. The number of aliphatic hydroxyl groups excluding tert-OH is 2. The van der Waals surface area contributed by atoms with E-state index in [4.69, 9.17) is 24.7 Å². The van der Waals surface area contributed by atoms with Crippen molar-refractivity contribution in [2.75, 3.05) is 46.9 Å². The van der Waals surface area contributed by atoms with E-state index >= 15 is 4.39 Å². The number of cyclic esters (lactones) is 1. The van der Waals surface area contributed by atoms with Crippen LogP contribution < -0.4 is 11.1 Å². The van der Waals surface area contributed by atoms with Gasteiger partial charge in [-0.2, -0.15) is 0 Å². The molecule has 0 spiro atoms. The zero-order valence-corrected chi connectivity index (χ0v) is 34.3. The minimum atomic E-state index is -3.16. The maximum absolute atomic E-state index is 16.7. The van der Waals surface area contributed by atoms with E-state index in [9.17, 15) is 24.9 Å². The number of Topliss-reactive ketones (excluding diaryl/α,β-unsaturated/α-hetero) is 1. The molecule has 2 aliphatic heterocycles. The van der Waals surface area contributed by atoms with Crippen molar-refractivity contribution >= 4 is 11.8 Å². The first kappa shape index (κ1) is 46.8. The molecule has 0 bridgehead atoms. The number of hydrogen-bond acceptors (Lipinski definition) is 13. The zero-order valence-electron chi connectivity index (χ0n) is 34.3. The molecule has 13 atom stereocenters. The van der Waals surface area contributed by atoms with Gasteiger partial charge in [-0.05, 0) is 114 Å². The summed E-state index contributed by atoms with van der Waals surface area (Å²) < 4.78 is 41.8. The average molecular weight is 749 g/mol. The largest absolute Gasteiger partial charge is 0.457 e. The summed E-state index contributed by atoms with van der Waals surface area (Å²) >= 11 is 0. The van der Waals surface area contributed by atoms with Gasteiger partial charge in [-0.25, -0.2) is 9.18 Å². The summed E-state index contributed by atoms with van der Waals surface area (Å²) in [6.45, 7) is 21.2. The quantitative estimate of drug-likeness (QED) is 0.119. The van der Waals surface area contributed by atoms with Gasteiger partial charge in [-0.3, -0.25) is 9.69 Å². The highest BCUT2D eigenvalue weighted by Gasteiger charge is 2.55. The average Bonchev–Trinajstić information content (AvgIpc) is 3.05. The molecule has 2 rings (SSSR count). The van der Waals surface area contributed by atoms with Crippen molar-refractivity contribution in [1.82, 2.24) is 15.1 Å². The number of hydrogen-bond donors (Lipinski definition) is 5. The fourth-order valence-electron chi connectivity index (χ4n) is 7.78. The lowest BCUT2D eigenvalue weighted by Gasteiger charge is -2.49. The molecule has 14 heteroatoms. The van der Waals surface area contributed by atoms with Crippen LogP contribution in [0.3, 0.4) is 0 Å². The highest BCUT2D eigenvalue weighted by atomic mass is 19.1. The van der Waals surface area contributed by atoms with Crippen LogP contribution >= 0.6 is 0 Å². The Hall–Kier alpha value is -1.33. The van der Waals surface area contributed by atoms with Gasteiger partial charge in [0.25, 0.3) is 5.67 Å². The third-order valence-electron chi connectivity index (χ3n) is 11.4. The number of nitrogens with two attached hydrogens (primary N) is 1. The van der Waals surface area contributed by atoms with Gasteiger partial charge in [0, 0.05) is 36.6 Å². The van der Waals surface area contributed by atoms with E-state index in [1.54, 1.807) is 20.8 Å². The SMILES string of the molecule is CC[C@H]1OC(=O)[C@@](C)(F)C(=O)[C@H](C)[C@@H](O[C@@H]2O[C@H](C)C[C@H](N(C)C(C)(C)C)[C@H]2O)[C@](C)(OCCNCCCN)C[C@@H](C)CN(C)[C@H](C)[C@@H](O)[C@]1(C)O. The summed E-state index contributed by atoms with van der Waals surface area (Å²) in [5.74, 6) is -4.04. The fourth-order valence-corrected chi connectivity index (χ4v) is 7.78. The monoisotopic (exact) mass is 749 g/mol. The van der Waals surface area contributed by atoms with Crippen molar-refractivity contribution in [3.8, 4) is 0 Å². The molecule has 0 unspecified atom stereocenters. The molecule has 6 N–H and O–H groups in total. The molecule has 2 saturated heterocycles. The van der Waals surface area contributed by atoms with E-state index in [2.05, 4.69) is 10.2 Å². The number of alkyl halides is 1. The minimum absolute atomic E-state index is 0.0543. The first-order valence-electron chi connectivity index (χ1n) is 19.2. The normalized spacial score (nSPS) is 41.1. The van der Waals surface area contributed by atoms with E-state index < -0.39 is 71.3 Å². The van der Waals surface area contributed by atoms with Crippen molar-refractivity contribution in [3.63, 3.8) is 0 Å². The van der Waals surface area contributed by atoms with E-state index in [-0.39, 0.29) is 36.6 Å². The Morgan fingerprint density at radius 1 is 1.12 bits per heavy atom. The molecule has 0 aromatic heterocycles. The van der Waals surface area contributed by atoms with Gasteiger partial charge in [0.1, 0.15) is 23.9 Å². The maximum atomic E-state index is 16.7. The summed E-state index contributed by atoms with van der Waals surface area (Å²) in [5.41, 5.74) is -1.04. The summed E-state index contributed by atoms with van der Waals surface area (Å²) in [6, 6.07) is -0.968. The van der Waals surface area contributed by atoms with Gasteiger partial charge < -0.3 is 50.2 Å². The zero-order chi connectivity index (χ0) is 40.0. The lowest BCUT2D eigenvalue weighted by Crippen LogP contribution is -2.62. The minimum Gasteiger partial charge on any atom is -0.457 e. The fraction of sp³-hybridized carbons (Fsp3) is 0.947. The van der Waals surface area contributed by atoms with E-state index in [0.29, 0.717) is 39.0 Å². The molecule has 13 nitrogen and oxygen atoms in total. The number of rotatable bonds is 11. The molecular weight excluding hydrogens is 675 g/mol. The second-order valence-electron chi connectivity index (χ2n) is 17.1. The summed E-state index contributed by atoms with van der Waals surface area (Å²) in [6.07, 6.45) is -4.92. The summed E-state index contributed by atoms with van der Waals surface area (Å²) in [7, 11) is 3.75. The van der Waals surface area contributed by atoms with Gasteiger partial charge in [0.15, 0.2) is 12.1 Å². The molecule has 2 aliphatic rings. The molecule has 0 aliphatic carbocycles. The second-order valence-corrected chi connectivity index (χ2v) is 17.1. The molecule has 2 heterocycles. The number of aliphatic hydroxyl groups is 3. The molecule has 306 valence electrons. The van der Waals surface area contributed by atoms with Crippen LogP contribution in [0.4, 0.5) is 4.39 Å². The standard InChI is InChI=1S/C38H73FN4O9/c1-14-28-38(11,48)31(46)26(5)42(12)22-23(2)21-36(9,49-19-18-41-17-15-16-40)32(25(4)30(45)37(10,39)34(47)51-28)52-33-29(44)27(20-24(3)50-33)43(13)35(6,7)8/h23-29,31-33,41,44,46,48H,14-22,40H2,1-13H3/t23-,24-,25+,26-,27+,28-,29-,31-,32-,33+,36-,37+,38-/m1/s1. The van der Waals surface area contributed by atoms with Crippen LogP contribution in [-0.2, 0) is 28.5 Å². The number of nitrogens with zero attached hydrogens (tertiary/aromatic N) is 2. The molecular formula is C38H73FN4O9. The number of ketones is 1. The van der Waals surface area contributed by atoms with Crippen molar-refractivity contribution in [2.24, 2.45) is 17.6 Å². The van der Waals surface area contributed by atoms with Gasteiger partial charge in [0.05, 0.1) is 24.4 Å². The molecule has 0 amide bonds. The molecule has 52 heavy (non-hydrogen) atoms. The van der Waals surface area contributed by atoms with Gasteiger partial charge in [-0.1, -0.05) is 20.8 Å². The van der Waals surface area contributed by atoms with Crippen molar-refractivity contribution in [1.29, 1.82) is 0 Å². The number of likely N-dealkylation sites (N-methyl/N-ethyl adjacent to an activating group) is 2. The lowest BCUT2D eigenvalue weighted by molar-refractivity contribution is -0.300. The number of nitrogens with one attached hydrogen (secondary N) is 1. The summed E-state index contributed by atoms with van der Waals surface area (Å²) in [5, 5.41) is 38.0. The van der Waals surface area contributed by atoms with E-state index in [1.807, 2.05) is 53.6 Å². The van der Waals surface area contributed by atoms with Crippen LogP contribution in [-0.4, -0.2) is 155 Å².